The second-order valence-corrected chi connectivity index (χ2v) is 5.48. The van der Waals surface area contributed by atoms with Crippen LogP contribution in [0, 0.1) is 12.7 Å². The number of hydrogen-bond acceptors (Lipinski definition) is 3. The first kappa shape index (κ1) is 14.6. The number of carboxylic acid groups (broad SMARTS) is 1. The van der Waals surface area contributed by atoms with Crippen LogP contribution in [-0.4, -0.2) is 26.0 Å². The zero-order valence-corrected chi connectivity index (χ0v) is 10.6. The largest absolute Gasteiger partial charge is 0.481 e. The molecule has 0 unspecified atom stereocenters. The quantitative estimate of drug-likeness (QED) is 0.766. The smallest absolute Gasteiger partial charge is 0.303 e. The van der Waals surface area contributed by atoms with Crippen molar-refractivity contribution in [3.05, 3.63) is 29.6 Å². The molecule has 0 radical (unpaired) electrons. The van der Waals surface area contributed by atoms with Crippen molar-refractivity contribution in [3.8, 4) is 0 Å². The van der Waals surface area contributed by atoms with E-state index in [-0.39, 0.29) is 24.3 Å². The summed E-state index contributed by atoms with van der Waals surface area (Å²) >= 11 is 0. The lowest BCUT2D eigenvalue weighted by atomic mass is 10.2. The summed E-state index contributed by atoms with van der Waals surface area (Å²) in [4.78, 5) is 9.88. The molecule has 0 amide bonds. The van der Waals surface area contributed by atoms with Gasteiger partial charge in [-0.05, 0) is 25.0 Å². The fraction of sp³-hybridized carbons (Fsp3) is 0.364. The third kappa shape index (κ3) is 3.78. The van der Waals surface area contributed by atoms with Gasteiger partial charge in [0.25, 0.3) is 0 Å². The van der Waals surface area contributed by atoms with Crippen molar-refractivity contribution < 1.29 is 22.7 Å². The summed E-state index contributed by atoms with van der Waals surface area (Å²) in [5.74, 6) is -1.82. The van der Waals surface area contributed by atoms with Crippen LogP contribution in [0.2, 0.25) is 0 Å². The van der Waals surface area contributed by atoms with Crippen molar-refractivity contribution in [2.75, 3.05) is 6.54 Å². The second-order valence-electron chi connectivity index (χ2n) is 3.78. The zero-order valence-electron chi connectivity index (χ0n) is 9.81. The van der Waals surface area contributed by atoms with Gasteiger partial charge in [0.1, 0.15) is 10.7 Å². The van der Waals surface area contributed by atoms with E-state index in [1.807, 2.05) is 0 Å². The number of nitrogens with one attached hydrogen (secondary N) is 1. The Labute approximate surface area is 105 Å². The number of carboxylic acids is 1. The molecule has 0 bridgehead atoms. The Morgan fingerprint density at radius 3 is 2.67 bits per heavy atom. The minimum absolute atomic E-state index is 0.0393. The van der Waals surface area contributed by atoms with E-state index in [4.69, 9.17) is 5.11 Å². The number of sulfonamides is 1. The maximum absolute atomic E-state index is 13.5. The van der Waals surface area contributed by atoms with Gasteiger partial charge in [-0.25, -0.2) is 17.5 Å². The number of halogens is 1. The van der Waals surface area contributed by atoms with Crippen molar-refractivity contribution in [2.24, 2.45) is 0 Å². The maximum Gasteiger partial charge on any atom is 0.303 e. The van der Waals surface area contributed by atoms with Crippen LogP contribution >= 0.6 is 0 Å². The highest BCUT2D eigenvalue weighted by Crippen LogP contribution is 2.18. The summed E-state index contributed by atoms with van der Waals surface area (Å²) in [5.41, 5.74) is 0.306. The molecule has 0 atom stereocenters. The van der Waals surface area contributed by atoms with E-state index in [0.717, 1.165) is 6.07 Å². The second kappa shape index (κ2) is 5.92. The molecule has 1 aromatic rings. The van der Waals surface area contributed by atoms with Gasteiger partial charge in [0, 0.05) is 13.0 Å². The molecule has 1 rings (SSSR count). The lowest BCUT2D eigenvalue weighted by molar-refractivity contribution is -0.137. The number of rotatable bonds is 6. The molecule has 5 nitrogen and oxygen atoms in total. The molecule has 100 valence electrons. The van der Waals surface area contributed by atoms with Gasteiger partial charge in [-0.3, -0.25) is 4.79 Å². The summed E-state index contributed by atoms with van der Waals surface area (Å²) in [5, 5.41) is 8.41. The first-order valence-corrected chi connectivity index (χ1v) is 6.79. The number of aliphatic carboxylic acids is 1. The molecule has 0 saturated heterocycles. The predicted molar refractivity (Wildman–Crippen MR) is 63.2 cm³/mol. The molecular weight excluding hydrogens is 261 g/mol. The van der Waals surface area contributed by atoms with Crippen LogP contribution in [0.3, 0.4) is 0 Å². The maximum atomic E-state index is 13.5. The Morgan fingerprint density at radius 1 is 1.44 bits per heavy atom. The predicted octanol–water partition coefficient (Wildman–Crippen LogP) is 1.28. The standard InChI is InChI=1S/C11H14FNO4S/c1-8-4-2-5-9(12)11(8)18(16,17)13-7-3-6-10(14)15/h2,4-5,13H,3,6-7H2,1H3,(H,14,15). The SMILES string of the molecule is Cc1cccc(F)c1S(=O)(=O)NCCCC(=O)O. The lowest BCUT2D eigenvalue weighted by Crippen LogP contribution is -2.26. The van der Waals surface area contributed by atoms with Crippen LogP contribution in [0.15, 0.2) is 23.1 Å². The number of hydrogen-bond donors (Lipinski definition) is 2. The average molecular weight is 275 g/mol. The van der Waals surface area contributed by atoms with Gasteiger partial charge < -0.3 is 5.11 Å². The van der Waals surface area contributed by atoms with E-state index in [1.165, 1.54) is 19.1 Å². The molecule has 7 heteroatoms. The topological polar surface area (TPSA) is 83.5 Å². The molecule has 0 aliphatic rings. The molecule has 0 heterocycles. The highest BCUT2D eigenvalue weighted by atomic mass is 32.2. The molecule has 2 N–H and O–H groups in total. The lowest BCUT2D eigenvalue weighted by Gasteiger charge is -2.09. The van der Waals surface area contributed by atoms with Crippen LogP contribution in [0.25, 0.3) is 0 Å². The van der Waals surface area contributed by atoms with Gasteiger partial charge in [-0.2, -0.15) is 0 Å². The van der Waals surface area contributed by atoms with Gasteiger partial charge in [0.05, 0.1) is 0 Å². The van der Waals surface area contributed by atoms with E-state index in [0.29, 0.717) is 5.56 Å². The van der Waals surface area contributed by atoms with Gasteiger partial charge >= 0.3 is 5.97 Å². The van der Waals surface area contributed by atoms with Gasteiger partial charge in [0.2, 0.25) is 10.0 Å². The average Bonchev–Trinajstić information content (AvgIpc) is 2.23. The number of benzene rings is 1. The molecule has 1 aromatic carbocycles. The van der Waals surface area contributed by atoms with Crippen molar-refractivity contribution in [3.63, 3.8) is 0 Å². The van der Waals surface area contributed by atoms with Crippen molar-refractivity contribution in [2.45, 2.75) is 24.7 Å². The minimum Gasteiger partial charge on any atom is -0.481 e. The van der Waals surface area contributed by atoms with E-state index in [9.17, 15) is 17.6 Å². The van der Waals surface area contributed by atoms with E-state index < -0.39 is 21.8 Å². The minimum atomic E-state index is -3.94. The molecular formula is C11H14FNO4S. The van der Waals surface area contributed by atoms with Crippen molar-refractivity contribution in [1.29, 1.82) is 0 Å². The van der Waals surface area contributed by atoms with E-state index in [1.54, 1.807) is 0 Å². The Balaban J connectivity index is 2.78. The highest BCUT2D eigenvalue weighted by Gasteiger charge is 2.20. The molecule has 18 heavy (non-hydrogen) atoms. The molecule has 0 fully saturated rings. The molecule has 0 aromatic heterocycles. The van der Waals surface area contributed by atoms with E-state index in [2.05, 4.69) is 4.72 Å². The Kier molecular flexibility index (Phi) is 4.80. The number of carbonyl (C=O) groups is 1. The van der Waals surface area contributed by atoms with Crippen LogP contribution < -0.4 is 4.72 Å². The zero-order chi connectivity index (χ0) is 13.8. The Hall–Kier alpha value is -1.47. The van der Waals surface area contributed by atoms with E-state index >= 15 is 0 Å². The molecule has 0 aliphatic heterocycles. The molecule has 0 aliphatic carbocycles. The van der Waals surface area contributed by atoms with Gasteiger partial charge in [-0.1, -0.05) is 12.1 Å². The van der Waals surface area contributed by atoms with Gasteiger partial charge in [0.15, 0.2) is 0 Å². The molecule has 0 spiro atoms. The van der Waals surface area contributed by atoms with Gasteiger partial charge in [-0.15, -0.1) is 0 Å². The summed E-state index contributed by atoms with van der Waals surface area (Å²) in [6, 6.07) is 3.99. The highest BCUT2D eigenvalue weighted by molar-refractivity contribution is 7.89. The van der Waals surface area contributed by atoms with Crippen molar-refractivity contribution in [1.82, 2.24) is 4.72 Å². The normalized spacial score (nSPS) is 11.4. The Morgan fingerprint density at radius 2 is 2.11 bits per heavy atom. The Bertz CT molecular complexity index is 522. The summed E-state index contributed by atoms with van der Waals surface area (Å²) in [6.07, 6.45) is 0.0147. The third-order valence-electron chi connectivity index (χ3n) is 2.29. The fourth-order valence-corrected chi connectivity index (χ4v) is 2.85. The number of aryl methyl sites for hydroxylation is 1. The fourth-order valence-electron chi connectivity index (χ4n) is 1.48. The summed E-state index contributed by atoms with van der Waals surface area (Å²) in [7, 11) is -3.94. The van der Waals surface area contributed by atoms with Crippen molar-refractivity contribution >= 4 is 16.0 Å². The first-order valence-electron chi connectivity index (χ1n) is 5.31. The summed E-state index contributed by atoms with van der Waals surface area (Å²) < 4.78 is 39.3. The molecule has 0 saturated carbocycles. The monoisotopic (exact) mass is 275 g/mol. The summed E-state index contributed by atoms with van der Waals surface area (Å²) in [6.45, 7) is 1.46. The van der Waals surface area contributed by atoms with Crippen LogP contribution in [0.5, 0.6) is 0 Å². The van der Waals surface area contributed by atoms with Crippen LogP contribution in [0.1, 0.15) is 18.4 Å². The first-order chi connectivity index (χ1) is 8.34. The van der Waals surface area contributed by atoms with Crippen LogP contribution in [-0.2, 0) is 14.8 Å². The van der Waals surface area contributed by atoms with Crippen LogP contribution in [0.4, 0.5) is 4.39 Å². The third-order valence-corrected chi connectivity index (χ3v) is 3.93.